The summed E-state index contributed by atoms with van der Waals surface area (Å²) in [5.74, 6) is 0. The Morgan fingerprint density at radius 2 is 1.50 bits per heavy atom. The first-order valence-electron chi connectivity index (χ1n) is 7.01. The average molecular weight is 417 g/mol. The van der Waals surface area contributed by atoms with Crippen molar-refractivity contribution in [2.45, 2.75) is 30.7 Å². The number of nitrogens with zero attached hydrogens (tertiary/aromatic N) is 1. The van der Waals surface area contributed by atoms with Crippen molar-refractivity contribution in [1.29, 1.82) is 0 Å². The maximum atomic E-state index is 12.9. The monoisotopic (exact) mass is 417 g/mol. The number of sulfonamides is 1. The Labute approximate surface area is 149 Å². The van der Waals surface area contributed by atoms with E-state index in [4.69, 9.17) is 0 Å². The van der Waals surface area contributed by atoms with E-state index in [2.05, 4.69) is 0 Å². The van der Waals surface area contributed by atoms with Gasteiger partial charge in [-0.05, 0) is 42.1 Å². The van der Waals surface area contributed by atoms with Crippen molar-refractivity contribution >= 4 is 21.4 Å². The van der Waals surface area contributed by atoms with Gasteiger partial charge in [0, 0.05) is 18.5 Å². The van der Waals surface area contributed by atoms with E-state index in [9.17, 15) is 34.8 Å². The molecule has 0 saturated carbocycles. The largest absolute Gasteiger partial charge is 0.416 e. The molecule has 0 spiro atoms. The van der Waals surface area contributed by atoms with Crippen molar-refractivity contribution < 1.29 is 34.8 Å². The predicted octanol–water partition coefficient (Wildman–Crippen LogP) is 4.91. The minimum atomic E-state index is -5.12. The quantitative estimate of drug-likeness (QED) is 0.663. The summed E-state index contributed by atoms with van der Waals surface area (Å²) >= 11 is 1.24. The molecule has 0 unspecified atom stereocenters. The molecule has 11 heteroatoms. The lowest BCUT2D eigenvalue weighted by molar-refractivity contribution is -0.143. The molecule has 144 valence electrons. The third kappa shape index (κ3) is 4.38. The fourth-order valence-electron chi connectivity index (χ4n) is 2.11. The van der Waals surface area contributed by atoms with Crippen LogP contribution in [0.1, 0.15) is 21.6 Å². The molecule has 0 N–H and O–H groups in total. The summed E-state index contributed by atoms with van der Waals surface area (Å²) in [5.41, 5.74) is -2.57. The highest BCUT2D eigenvalue weighted by molar-refractivity contribution is 7.89. The number of aryl methyl sites for hydroxylation is 1. The van der Waals surface area contributed by atoms with Crippen molar-refractivity contribution in [3.05, 3.63) is 51.2 Å². The molecule has 2 aromatic rings. The lowest BCUT2D eigenvalue weighted by Crippen LogP contribution is -2.27. The van der Waals surface area contributed by atoms with Gasteiger partial charge in [-0.3, -0.25) is 0 Å². The molecule has 0 aliphatic rings. The number of halogens is 6. The zero-order valence-corrected chi connectivity index (χ0v) is 15.1. The minimum Gasteiger partial charge on any atom is -0.207 e. The Morgan fingerprint density at radius 1 is 1.00 bits per heavy atom. The maximum Gasteiger partial charge on any atom is 0.416 e. The van der Waals surface area contributed by atoms with E-state index in [0.29, 0.717) is 4.88 Å². The first kappa shape index (κ1) is 20.7. The smallest absolute Gasteiger partial charge is 0.207 e. The first-order chi connectivity index (χ1) is 11.7. The van der Waals surface area contributed by atoms with Crippen LogP contribution in [-0.4, -0.2) is 19.8 Å². The Hall–Kier alpha value is -1.59. The molecular formula is C15H13F6NO2S2. The fraction of sp³-hybridized carbons (Fsp3) is 0.333. The lowest BCUT2D eigenvalue weighted by atomic mass is 10.1. The van der Waals surface area contributed by atoms with E-state index in [1.807, 2.05) is 0 Å². The molecule has 1 aromatic carbocycles. The summed E-state index contributed by atoms with van der Waals surface area (Å²) < 4.78 is 103. The van der Waals surface area contributed by atoms with Gasteiger partial charge in [-0.15, -0.1) is 11.3 Å². The highest BCUT2D eigenvalue weighted by Gasteiger charge is 2.38. The van der Waals surface area contributed by atoms with Crippen molar-refractivity contribution in [2.24, 2.45) is 0 Å². The molecule has 0 aliphatic heterocycles. The molecule has 0 aliphatic carbocycles. The summed E-state index contributed by atoms with van der Waals surface area (Å²) in [4.78, 5) is -0.421. The van der Waals surface area contributed by atoms with Crippen molar-refractivity contribution in [3.8, 4) is 0 Å². The van der Waals surface area contributed by atoms with Gasteiger partial charge in [-0.25, -0.2) is 8.42 Å². The number of benzene rings is 1. The molecule has 1 aromatic heterocycles. The van der Waals surface area contributed by atoms with Gasteiger partial charge in [0.15, 0.2) is 0 Å². The van der Waals surface area contributed by atoms with E-state index in [-0.39, 0.29) is 24.7 Å². The zero-order chi connectivity index (χ0) is 19.9. The average Bonchev–Trinajstić information content (AvgIpc) is 2.90. The topological polar surface area (TPSA) is 37.4 Å². The number of rotatable bonds is 4. The van der Waals surface area contributed by atoms with Gasteiger partial charge in [0.1, 0.15) is 0 Å². The third-order valence-corrected chi connectivity index (χ3v) is 6.39. The number of alkyl halides is 6. The number of hydrogen-bond acceptors (Lipinski definition) is 3. The molecule has 26 heavy (non-hydrogen) atoms. The minimum absolute atomic E-state index is 0.109. The van der Waals surface area contributed by atoms with E-state index in [1.54, 1.807) is 18.4 Å². The first-order valence-corrected chi connectivity index (χ1v) is 9.33. The van der Waals surface area contributed by atoms with Gasteiger partial charge in [0.2, 0.25) is 10.0 Å². The van der Waals surface area contributed by atoms with Crippen molar-refractivity contribution in [2.75, 3.05) is 7.05 Å². The van der Waals surface area contributed by atoms with Crippen LogP contribution in [0.5, 0.6) is 0 Å². The third-order valence-electron chi connectivity index (χ3n) is 3.60. The molecule has 0 atom stereocenters. The van der Waals surface area contributed by atoms with Crippen LogP contribution in [0.25, 0.3) is 0 Å². The van der Waals surface area contributed by atoms with Crippen LogP contribution in [0.15, 0.2) is 34.5 Å². The normalized spacial score (nSPS) is 13.4. The molecule has 0 bridgehead atoms. The summed E-state index contributed by atoms with van der Waals surface area (Å²) in [5, 5.41) is 1.71. The second-order valence-electron chi connectivity index (χ2n) is 5.53. The van der Waals surface area contributed by atoms with Crippen molar-refractivity contribution in [1.82, 2.24) is 4.31 Å². The maximum absolute atomic E-state index is 12.9. The second kappa shape index (κ2) is 6.86. The van der Waals surface area contributed by atoms with Crippen LogP contribution in [0, 0.1) is 6.92 Å². The Morgan fingerprint density at radius 3 is 1.88 bits per heavy atom. The van der Waals surface area contributed by atoms with Crippen LogP contribution in [-0.2, 0) is 28.9 Å². The van der Waals surface area contributed by atoms with Gasteiger partial charge in [-0.2, -0.15) is 30.6 Å². The summed E-state index contributed by atoms with van der Waals surface area (Å²) in [6.45, 7) is 1.56. The van der Waals surface area contributed by atoms with Gasteiger partial charge >= 0.3 is 12.4 Å². The summed E-state index contributed by atoms with van der Waals surface area (Å²) in [6, 6.07) is 2.04. The number of hydrogen-bond donors (Lipinski definition) is 0. The fourth-order valence-corrected chi connectivity index (χ4v) is 4.36. The molecule has 2 rings (SSSR count). The van der Waals surface area contributed by atoms with Crippen LogP contribution >= 0.6 is 11.3 Å². The molecule has 1 heterocycles. The van der Waals surface area contributed by atoms with E-state index in [0.717, 1.165) is 16.9 Å². The van der Waals surface area contributed by atoms with Gasteiger partial charge in [0.05, 0.1) is 16.0 Å². The van der Waals surface area contributed by atoms with Gasteiger partial charge in [-0.1, -0.05) is 0 Å². The summed E-state index contributed by atoms with van der Waals surface area (Å²) in [6.07, 6.45) is -10.2. The van der Waals surface area contributed by atoms with Gasteiger partial charge < -0.3 is 0 Å². The Kier molecular flexibility index (Phi) is 5.46. The van der Waals surface area contributed by atoms with Crippen LogP contribution in [0.4, 0.5) is 26.3 Å². The van der Waals surface area contributed by atoms with E-state index < -0.39 is 38.4 Å². The zero-order valence-electron chi connectivity index (χ0n) is 13.4. The summed E-state index contributed by atoms with van der Waals surface area (Å²) in [7, 11) is -3.46. The standard InChI is InChI=1S/C15H13F6NO2S2/c1-9-3-4-25-13(9)8-22(2)26(23,24)12-6-10(14(16,17)18)5-11(7-12)15(19,20)21/h3-7H,8H2,1-2H3. The van der Waals surface area contributed by atoms with Crippen LogP contribution in [0.2, 0.25) is 0 Å². The van der Waals surface area contributed by atoms with Crippen molar-refractivity contribution in [3.63, 3.8) is 0 Å². The SMILES string of the molecule is Cc1ccsc1CN(C)S(=O)(=O)c1cc(C(F)(F)F)cc(C(F)(F)F)c1. The van der Waals surface area contributed by atoms with E-state index in [1.165, 1.54) is 11.3 Å². The molecule has 0 fully saturated rings. The van der Waals surface area contributed by atoms with Gasteiger partial charge in [0.25, 0.3) is 0 Å². The predicted molar refractivity (Wildman–Crippen MR) is 84.2 cm³/mol. The lowest BCUT2D eigenvalue weighted by Gasteiger charge is -2.19. The van der Waals surface area contributed by atoms with Crippen LogP contribution < -0.4 is 0 Å². The highest BCUT2D eigenvalue weighted by Crippen LogP contribution is 2.37. The second-order valence-corrected chi connectivity index (χ2v) is 8.58. The molecule has 0 saturated heterocycles. The molecule has 0 radical (unpaired) electrons. The Balaban J connectivity index is 2.52. The van der Waals surface area contributed by atoms with E-state index >= 15 is 0 Å². The molecule has 0 amide bonds. The number of thiophene rings is 1. The molecule has 3 nitrogen and oxygen atoms in total. The molecular weight excluding hydrogens is 404 g/mol. The highest BCUT2D eigenvalue weighted by atomic mass is 32.2. The van der Waals surface area contributed by atoms with Crippen LogP contribution in [0.3, 0.4) is 0 Å². The Bertz CT molecular complexity index is 867.